The molecule has 1 aromatic heterocycles. The summed E-state index contributed by atoms with van der Waals surface area (Å²) in [7, 11) is 3.25. The van der Waals surface area contributed by atoms with Gasteiger partial charge in [-0.05, 0) is 92.4 Å². The molecule has 0 saturated carbocycles. The van der Waals surface area contributed by atoms with Crippen LogP contribution in [-0.4, -0.2) is 70.3 Å². The van der Waals surface area contributed by atoms with Crippen molar-refractivity contribution >= 4 is 12.0 Å². The Morgan fingerprint density at radius 1 is 0.955 bits per heavy atom. The predicted molar refractivity (Wildman–Crippen MR) is 166 cm³/mol. The van der Waals surface area contributed by atoms with Crippen LogP contribution in [0, 0.1) is 6.92 Å². The number of nitrogens with zero attached hydrogens (tertiary/aromatic N) is 4. The highest BCUT2D eigenvalue weighted by Gasteiger charge is 2.32. The number of carbonyl (C=O) groups is 2. The molecule has 0 fully saturated rings. The molecular weight excluding hydrogens is 560 g/mol. The number of carboxylic acid groups (broad SMARTS) is 1. The lowest BCUT2D eigenvalue weighted by Crippen LogP contribution is -2.36. The van der Waals surface area contributed by atoms with E-state index in [0.717, 1.165) is 33.4 Å². The first-order valence-electron chi connectivity index (χ1n) is 14.7. The fourth-order valence-corrected chi connectivity index (χ4v) is 5.74. The molecule has 3 aromatic carbocycles. The Hall–Kier alpha value is -4.83. The second-order valence-corrected chi connectivity index (χ2v) is 10.6. The summed E-state index contributed by atoms with van der Waals surface area (Å²) in [5.41, 5.74) is 5.07. The van der Waals surface area contributed by atoms with Gasteiger partial charge in [0.25, 0.3) is 5.91 Å². The zero-order valence-corrected chi connectivity index (χ0v) is 25.7. The number of hydrogen-bond acceptors (Lipinski definition) is 7. The van der Waals surface area contributed by atoms with Gasteiger partial charge in [0.05, 0.1) is 31.6 Å². The minimum Gasteiger partial charge on any atom is -0.497 e. The molecule has 2 heterocycles. The van der Waals surface area contributed by atoms with Crippen LogP contribution in [0.4, 0.5) is 4.79 Å². The quantitative estimate of drug-likeness (QED) is 0.232. The molecule has 1 atom stereocenters. The number of aromatic nitrogens is 2. The van der Waals surface area contributed by atoms with Gasteiger partial charge in [0.2, 0.25) is 0 Å². The lowest BCUT2D eigenvalue weighted by molar-refractivity contribution is 0.0773. The molecule has 0 bridgehead atoms. The van der Waals surface area contributed by atoms with Gasteiger partial charge in [-0.3, -0.25) is 9.69 Å². The van der Waals surface area contributed by atoms with E-state index < -0.39 is 6.09 Å². The fraction of sp³-hybridized carbons (Fsp3) is 0.324. The number of imidazole rings is 1. The maximum Gasteiger partial charge on any atom is 0.417 e. The maximum absolute atomic E-state index is 13.0. The van der Waals surface area contributed by atoms with Crippen LogP contribution in [-0.2, 0) is 13.0 Å². The Labute approximate surface area is 257 Å². The van der Waals surface area contributed by atoms with Gasteiger partial charge in [-0.2, -0.15) is 0 Å². The SMILES string of the molecule is CCN(CC)C(=O)c1ccc(C2c3cc(Oc4ccc(OC)cc4)c(OC)cc3CCN2Cc2ncn(C(=O)O)c2C)cc1. The summed E-state index contributed by atoms with van der Waals surface area (Å²) >= 11 is 0. The van der Waals surface area contributed by atoms with Crippen molar-refractivity contribution in [2.24, 2.45) is 0 Å². The van der Waals surface area contributed by atoms with Crippen LogP contribution >= 0.6 is 0 Å². The number of ether oxygens (including phenoxy) is 3. The van der Waals surface area contributed by atoms with Gasteiger partial charge >= 0.3 is 6.09 Å². The number of fused-ring (bicyclic) bond motifs is 1. The summed E-state index contributed by atoms with van der Waals surface area (Å²) in [6.07, 6.45) is 1.03. The van der Waals surface area contributed by atoms with Crippen molar-refractivity contribution in [1.29, 1.82) is 0 Å². The van der Waals surface area contributed by atoms with E-state index in [4.69, 9.17) is 14.2 Å². The number of rotatable bonds is 10. The Bertz CT molecular complexity index is 1630. The largest absolute Gasteiger partial charge is 0.497 e. The minimum atomic E-state index is -1.07. The van der Waals surface area contributed by atoms with E-state index in [-0.39, 0.29) is 11.9 Å². The molecule has 1 amide bonds. The van der Waals surface area contributed by atoms with E-state index in [1.165, 1.54) is 6.33 Å². The Kier molecular flexibility index (Phi) is 9.20. The highest BCUT2D eigenvalue weighted by molar-refractivity contribution is 5.94. The normalized spacial score (nSPS) is 14.5. The van der Waals surface area contributed by atoms with Crippen molar-refractivity contribution in [3.63, 3.8) is 0 Å². The summed E-state index contributed by atoms with van der Waals surface area (Å²) in [4.78, 5) is 33.3. The van der Waals surface area contributed by atoms with Crippen molar-refractivity contribution in [2.75, 3.05) is 33.9 Å². The van der Waals surface area contributed by atoms with E-state index in [2.05, 4.69) is 9.88 Å². The fourth-order valence-electron chi connectivity index (χ4n) is 5.74. The summed E-state index contributed by atoms with van der Waals surface area (Å²) in [6, 6.07) is 19.0. The zero-order chi connectivity index (χ0) is 31.4. The highest BCUT2D eigenvalue weighted by Crippen LogP contribution is 2.43. The molecule has 1 unspecified atom stereocenters. The molecule has 1 aliphatic heterocycles. The van der Waals surface area contributed by atoms with Crippen LogP contribution < -0.4 is 14.2 Å². The van der Waals surface area contributed by atoms with E-state index >= 15 is 0 Å². The molecule has 4 aromatic rings. The van der Waals surface area contributed by atoms with E-state index in [1.807, 2.05) is 74.5 Å². The molecule has 10 heteroatoms. The number of methoxy groups -OCH3 is 2. The molecule has 44 heavy (non-hydrogen) atoms. The molecule has 0 spiro atoms. The first-order valence-corrected chi connectivity index (χ1v) is 14.7. The Morgan fingerprint density at radius 2 is 1.64 bits per heavy atom. The average Bonchev–Trinajstić information content (AvgIpc) is 3.41. The van der Waals surface area contributed by atoms with Crippen LogP contribution in [0.3, 0.4) is 0 Å². The van der Waals surface area contributed by atoms with E-state index in [1.54, 1.807) is 26.0 Å². The van der Waals surface area contributed by atoms with Crippen LogP contribution in [0.1, 0.15) is 58.3 Å². The van der Waals surface area contributed by atoms with Gasteiger partial charge in [0, 0.05) is 31.7 Å². The summed E-state index contributed by atoms with van der Waals surface area (Å²) in [5.74, 6) is 2.57. The standard InChI is InChI=1S/C34H38N4O6/c1-6-36(7-2)33(39)24-10-8-23(9-11-24)32-28-19-31(44-27-14-12-26(42-4)13-15-27)30(43-5)18-25(28)16-17-37(32)20-29-22(3)38(21-35-29)34(40)41/h8-15,18-19,21,32H,6-7,16-17,20H2,1-5H3,(H,40,41). The molecule has 5 rings (SSSR count). The molecule has 1 aliphatic rings. The molecule has 10 nitrogen and oxygen atoms in total. The van der Waals surface area contributed by atoms with Crippen molar-refractivity contribution in [2.45, 2.75) is 39.8 Å². The third-order valence-electron chi connectivity index (χ3n) is 8.23. The van der Waals surface area contributed by atoms with Crippen LogP contribution in [0.15, 0.2) is 67.0 Å². The number of hydrogen-bond donors (Lipinski definition) is 1. The number of amides is 1. The van der Waals surface area contributed by atoms with Crippen molar-refractivity contribution < 1.29 is 28.9 Å². The molecule has 0 aliphatic carbocycles. The first kappa shape index (κ1) is 30.6. The molecule has 1 N–H and O–H groups in total. The number of carbonyl (C=O) groups excluding carboxylic acids is 1. The van der Waals surface area contributed by atoms with Gasteiger partial charge < -0.3 is 24.2 Å². The van der Waals surface area contributed by atoms with Crippen molar-refractivity contribution in [3.8, 4) is 23.0 Å². The third-order valence-corrected chi connectivity index (χ3v) is 8.23. The molecular formula is C34H38N4O6. The van der Waals surface area contributed by atoms with E-state index in [9.17, 15) is 14.7 Å². The monoisotopic (exact) mass is 598 g/mol. The summed E-state index contributed by atoms with van der Waals surface area (Å²) in [5, 5.41) is 9.57. The molecule has 230 valence electrons. The predicted octanol–water partition coefficient (Wildman–Crippen LogP) is 6.16. The van der Waals surface area contributed by atoms with Crippen LogP contribution in [0.2, 0.25) is 0 Å². The van der Waals surface area contributed by atoms with Crippen molar-refractivity contribution in [1.82, 2.24) is 19.4 Å². The highest BCUT2D eigenvalue weighted by atomic mass is 16.5. The van der Waals surface area contributed by atoms with Gasteiger partial charge in [-0.1, -0.05) is 12.1 Å². The van der Waals surface area contributed by atoms with Crippen molar-refractivity contribution in [3.05, 3.63) is 101 Å². The van der Waals surface area contributed by atoms with Crippen LogP contribution in [0.5, 0.6) is 23.0 Å². The topological polar surface area (TPSA) is 106 Å². The van der Waals surface area contributed by atoms with Gasteiger partial charge in [-0.15, -0.1) is 0 Å². The molecule has 0 radical (unpaired) electrons. The van der Waals surface area contributed by atoms with Gasteiger partial charge in [0.1, 0.15) is 17.8 Å². The first-order chi connectivity index (χ1) is 21.3. The summed E-state index contributed by atoms with van der Waals surface area (Å²) in [6.45, 7) is 8.14. The Morgan fingerprint density at radius 3 is 2.23 bits per heavy atom. The van der Waals surface area contributed by atoms with Gasteiger partial charge in [-0.25, -0.2) is 14.3 Å². The Balaban J connectivity index is 1.57. The summed E-state index contributed by atoms with van der Waals surface area (Å²) < 4.78 is 18.5. The number of benzene rings is 3. The third kappa shape index (κ3) is 6.12. The average molecular weight is 599 g/mol. The second-order valence-electron chi connectivity index (χ2n) is 10.6. The zero-order valence-electron chi connectivity index (χ0n) is 25.7. The lowest BCUT2D eigenvalue weighted by atomic mass is 9.87. The van der Waals surface area contributed by atoms with Gasteiger partial charge in [0.15, 0.2) is 11.5 Å². The minimum absolute atomic E-state index is 0.00259. The van der Waals surface area contributed by atoms with E-state index in [0.29, 0.717) is 60.4 Å². The smallest absolute Gasteiger partial charge is 0.417 e. The van der Waals surface area contributed by atoms with Crippen LogP contribution in [0.25, 0.3) is 0 Å². The second kappa shape index (κ2) is 13.2. The lowest BCUT2D eigenvalue weighted by Gasteiger charge is -2.38. The molecule has 0 saturated heterocycles. The maximum atomic E-state index is 13.0.